The van der Waals surface area contributed by atoms with Gasteiger partial charge in [0, 0.05) is 41.1 Å². The predicted octanol–water partition coefficient (Wildman–Crippen LogP) is 7.03. The van der Waals surface area contributed by atoms with Crippen molar-refractivity contribution in [3.63, 3.8) is 0 Å². The number of oxime groups is 1. The fourth-order valence-corrected chi connectivity index (χ4v) is 4.33. The summed E-state index contributed by atoms with van der Waals surface area (Å²) < 4.78 is 42.6. The Kier molecular flexibility index (Phi) is 7.32. The first-order chi connectivity index (χ1) is 15.0. The highest BCUT2D eigenvalue weighted by atomic mass is 35.5. The van der Waals surface area contributed by atoms with Crippen LogP contribution < -0.4 is 4.90 Å². The van der Waals surface area contributed by atoms with Crippen LogP contribution in [0.3, 0.4) is 0 Å². The number of nitrogens with zero attached hydrogens (tertiary/aromatic N) is 2. The Bertz CT molecular complexity index is 1040. The van der Waals surface area contributed by atoms with Gasteiger partial charge in [-0.05, 0) is 36.8 Å². The lowest BCUT2D eigenvalue weighted by molar-refractivity contribution is -0.275. The zero-order valence-electron chi connectivity index (χ0n) is 17.3. The van der Waals surface area contributed by atoms with Crippen LogP contribution in [0.25, 0.3) is 0 Å². The van der Waals surface area contributed by atoms with Gasteiger partial charge in [0.1, 0.15) is 0 Å². The Labute approximate surface area is 198 Å². The van der Waals surface area contributed by atoms with Crippen LogP contribution in [0.2, 0.25) is 15.1 Å². The number of rotatable bonds is 7. The van der Waals surface area contributed by atoms with Crippen LogP contribution >= 0.6 is 34.8 Å². The number of benzene rings is 2. The molecule has 172 valence electrons. The first-order valence-electron chi connectivity index (χ1n) is 9.78. The van der Waals surface area contributed by atoms with Crippen LogP contribution in [0.15, 0.2) is 41.6 Å². The number of carbonyl (C=O) groups is 1. The molecule has 0 aliphatic carbocycles. The molecule has 1 aliphatic heterocycles. The van der Waals surface area contributed by atoms with Crippen LogP contribution in [-0.4, -0.2) is 31.3 Å². The van der Waals surface area contributed by atoms with Gasteiger partial charge in [-0.2, -0.15) is 13.2 Å². The molecule has 32 heavy (non-hydrogen) atoms. The molecule has 0 radical (unpaired) electrons. The van der Waals surface area contributed by atoms with Gasteiger partial charge in [-0.25, -0.2) is 0 Å². The Morgan fingerprint density at radius 1 is 1.16 bits per heavy atom. The van der Waals surface area contributed by atoms with Crippen molar-refractivity contribution >= 4 is 52.0 Å². The summed E-state index contributed by atoms with van der Waals surface area (Å²) in [6, 6.07) is 8.39. The summed E-state index contributed by atoms with van der Waals surface area (Å²) in [7, 11) is 1.69. The molecule has 0 saturated heterocycles. The van der Waals surface area contributed by atoms with Gasteiger partial charge in [0.2, 0.25) is 0 Å². The zero-order valence-corrected chi connectivity index (χ0v) is 19.5. The number of hydrogen-bond acceptors (Lipinski definition) is 4. The molecular formula is C22H20Cl3F3N2O2. The molecule has 0 N–H and O–H groups in total. The minimum Gasteiger partial charge on any atom is -0.374 e. The minimum atomic E-state index is -4.79. The molecule has 0 fully saturated rings. The minimum absolute atomic E-state index is 0.0342. The van der Waals surface area contributed by atoms with E-state index < -0.39 is 18.2 Å². The summed E-state index contributed by atoms with van der Waals surface area (Å²) in [5.41, 5.74) is -1.97. The Morgan fingerprint density at radius 2 is 1.81 bits per heavy atom. The third kappa shape index (κ3) is 5.00. The quantitative estimate of drug-likeness (QED) is 0.404. The SMILES string of the molecule is CCCC(=O)CN(C)c1cc(C2=NOC(c3cc(Cl)cc(Cl)c3)(C(F)(F)F)C2)ccc1Cl. The van der Waals surface area contributed by atoms with Gasteiger partial charge in [0.15, 0.2) is 5.78 Å². The normalized spacial score (nSPS) is 18.3. The topological polar surface area (TPSA) is 41.9 Å². The lowest BCUT2D eigenvalue weighted by atomic mass is 9.86. The monoisotopic (exact) mass is 506 g/mol. The van der Waals surface area contributed by atoms with E-state index in [0.29, 0.717) is 22.7 Å². The zero-order chi connectivity index (χ0) is 23.7. The van der Waals surface area contributed by atoms with Gasteiger partial charge in [0.25, 0.3) is 5.60 Å². The summed E-state index contributed by atoms with van der Waals surface area (Å²) in [6.45, 7) is 2.04. The van der Waals surface area contributed by atoms with E-state index in [4.69, 9.17) is 39.6 Å². The van der Waals surface area contributed by atoms with Crippen LogP contribution in [0.5, 0.6) is 0 Å². The van der Waals surface area contributed by atoms with E-state index in [1.165, 1.54) is 18.2 Å². The largest absolute Gasteiger partial charge is 0.435 e. The number of halogens is 6. The summed E-state index contributed by atoms with van der Waals surface area (Å²) in [5.74, 6) is 0.0342. The summed E-state index contributed by atoms with van der Waals surface area (Å²) in [6.07, 6.45) is -4.21. The van der Waals surface area contributed by atoms with Gasteiger partial charge in [-0.15, -0.1) is 0 Å². The van der Waals surface area contributed by atoms with Gasteiger partial charge in [0.05, 0.1) is 23.0 Å². The molecule has 0 bridgehead atoms. The Hall–Kier alpha value is -1.96. The van der Waals surface area contributed by atoms with Crippen LogP contribution in [0, 0.1) is 0 Å². The second kappa shape index (κ2) is 9.49. The lowest BCUT2D eigenvalue weighted by Gasteiger charge is -2.29. The molecule has 0 spiro atoms. The van der Waals surface area contributed by atoms with Crippen molar-refractivity contribution in [3.05, 3.63) is 62.6 Å². The molecule has 1 aliphatic rings. The second-order valence-electron chi connectivity index (χ2n) is 7.60. The van der Waals surface area contributed by atoms with Crippen LogP contribution in [0.4, 0.5) is 18.9 Å². The maximum atomic E-state index is 14.2. The standard InChI is InChI=1S/C22H20Cl3F3N2O2/c1-3-4-17(31)12-30(2)20-7-13(5-6-18(20)25)19-11-21(32-29-19,22(26,27)28)14-8-15(23)10-16(24)9-14/h5-10H,3-4,11-12H2,1-2H3. The van der Waals surface area contributed by atoms with E-state index in [9.17, 15) is 18.0 Å². The van der Waals surface area contributed by atoms with Crippen molar-refractivity contribution in [1.82, 2.24) is 0 Å². The third-order valence-corrected chi connectivity index (χ3v) is 5.90. The number of alkyl halides is 3. The average molecular weight is 508 g/mol. The molecule has 0 aromatic heterocycles. The molecule has 10 heteroatoms. The highest BCUT2D eigenvalue weighted by Gasteiger charge is 2.62. The first-order valence-corrected chi connectivity index (χ1v) is 10.9. The van der Waals surface area contributed by atoms with E-state index in [1.807, 2.05) is 6.92 Å². The highest BCUT2D eigenvalue weighted by Crippen LogP contribution is 2.50. The maximum Gasteiger partial charge on any atom is 0.435 e. The van der Waals surface area contributed by atoms with E-state index in [0.717, 1.165) is 6.42 Å². The number of Topliss-reactive ketones (excluding diaryl/α,β-unsaturated/α-hetero) is 1. The van der Waals surface area contributed by atoms with E-state index in [1.54, 1.807) is 30.1 Å². The summed E-state index contributed by atoms with van der Waals surface area (Å²) >= 11 is 18.2. The molecule has 4 nitrogen and oxygen atoms in total. The third-order valence-electron chi connectivity index (χ3n) is 5.15. The van der Waals surface area contributed by atoms with Crippen molar-refractivity contribution < 1.29 is 22.8 Å². The van der Waals surface area contributed by atoms with Crippen molar-refractivity contribution in [3.8, 4) is 0 Å². The van der Waals surface area contributed by atoms with E-state index >= 15 is 0 Å². The summed E-state index contributed by atoms with van der Waals surface area (Å²) in [5, 5.41) is 4.24. The highest BCUT2D eigenvalue weighted by molar-refractivity contribution is 6.34. The van der Waals surface area contributed by atoms with Gasteiger partial charge in [-0.3, -0.25) is 4.79 Å². The van der Waals surface area contributed by atoms with Crippen molar-refractivity contribution in [2.75, 3.05) is 18.5 Å². The number of likely N-dealkylation sites (N-methyl/N-ethyl adjacent to an activating group) is 1. The van der Waals surface area contributed by atoms with E-state index in [2.05, 4.69) is 5.16 Å². The first kappa shape index (κ1) is 24.7. The van der Waals surface area contributed by atoms with E-state index in [-0.39, 0.29) is 33.6 Å². The Morgan fingerprint density at radius 3 is 2.41 bits per heavy atom. The predicted molar refractivity (Wildman–Crippen MR) is 121 cm³/mol. The molecule has 0 saturated carbocycles. The van der Waals surface area contributed by atoms with Gasteiger partial charge in [-0.1, -0.05) is 52.9 Å². The lowest BCUT2D eigenvalue weighted by Crippen LogP contribution is -2.42. The van der Waals surface area contributed by atoms with Gasteiger partial charge < -0.3 is 9.74 Å². The fourth-order valence-electron chi connectivity index (χ4n) is 3.54. The molecule has 2 aromatic carbocycles. The molecule has 3 rings (SSSR count). The van der Waals surface area contributed by atoms with Crippen molar-refractivity contribution in [2.24, 2.45) is 5.16 Å². The van der Waals surface area contributed by atoms with Crippen LogP contribution in [-0.2, 0) is 15.2 Å². The number of hydrogen-bond donors (Lipinski definition) is 0. The van der Waals surface area contributed by atoms with Crippen LogP contribution in [0.1, 0.15) is 37.3 Å². The molecule has 1 unspecified atom stereocenters. The number of anilines is 1. The molecule has 0 amide bonds. The second-order valence-corrected chi connectivity index (χ2v) is 8.88. The molecule has 1 heterocycles. The number of carbonyl (C=O) groups excluding carboxylic acids is 1. The summed E-state index contributed by atoms with van der Waals surface area (Å²) in [4.78, 5) is 18.7. The van der Waals surface area contributed by atoms with Gasteiger partial charge >= 0.3 is 6.18 Å². The van der Waals surface area contributed by atoms with Crippen molar-refractivity contribution in [2.45, 2.75) is 38.0 Å². The smallest absolute Gasteiger partial charge is 0.374 e. The number of ketones is 1. The fraction of sp³-hybridized carbons (Fsp3) is 0.364. The maximum absolute atomic E-state index is 14.2. The van der Waals surface area contributed by atoms with Crippen molar-refractivity contribution in [1.29, 1.82) is 0 Å². The Balaban J connectivity index is 1.94. The molecular weight excluding hydrogens is 488 g/mol. The molecule has 1 atom stereocenters. The molecule has 2 aromatic rings. The average Bonchev–Trinajstić information content (AvgIpc) is 3.14.